The summed E-state index contributed by atoms with van der Waals surface area (Å²) in [5.74, 6) is 0.365. The van der Waals surface area contributed by atoms with Gasteiger partial charge in [-0.05, 0) is 30.7 Å². The number of furan rings is 1. The van der Waals surface area contributed by atoms with Gasteiger partial charge in [-0.2, -0.15) is 0 Å². The van der Waals surface area contributed by atoms with E-state index < -0.39 is 0 Å². The molecule has 1 saturated heterocycles. The number of carbonyl (C=O) groups is 2. The lowest BCUT2D eigenvalue weighted by molar-refractivity contribution is 0.0718. The monoisotopic (exact) mass is 362 g/mol. The maximum Gasteiger partial charge on any atom is 0.257 e. The molecule has 0 unspecified atom stereocenters. The zero-order valence-corrected chi connectivity index (χ0v) is 14.7. The Labute approximate surface area is 150 Å². The maximum absolute atomic E-state index is 12.7. The fraction of sp³-hybridized carbons (Fsp3) is 0.333. The second-order valence-electron chi connectivity index (χ2n) is 5.80. The maximum atomic E-state index is 12.7. The van der Waals surface area contributed by atoms with Gasteiger partial charge in [0.05, 0.1) is 24.0 Å². The number of hydrogen-bond donors (Lipinski definition) is 0. The van der Waals surface area contributed by atoms with Crippen LogP contribution in [0.5, 0.6) is 5.75 Å². The van der Waals surface area contributed by atoms with Gasteiger partial charge in [0.15, 0.2) is 0 Å². The Morgan fingerprint density at radius 2 is 1.72 bits per heavy atom. The number of nitrogens with zero attached hydrogens (tertiary/aromatic N) is 2. The highest BCUT2D eigenvalue weighted by atomic mass is 35.5. The predicted molar refractivity (Wildman–Crippen MR) is 93.1 cm³/mol. The van der Waals surface area contributed by atoms with E-state index in [9.17, 15) is 9.59 Å². The SMILES string of the molecule is COc1ccc(C(=O)N2CCCN(C(=O)c3ccoc3)CC2)cc1Cl. The summed E-state index contributed by atoms with van der Waals surface area (Å²) in [7, 11) is 1.53. The number of rotatable bonds is 3. The summed E-state index contributed by atoms with van der Waals surface area (Å²) in [6, 6.07) is 6.64. The molecule has 1 aromatic carbocycles. The summed E-state index contributed by atoms with van der Waals surface area (Å²) < 4.78 is 10.1. The molecule has 0 bridgehead atoms. The Morgan fingerprint density at radius 1 is 1.04 bits per heavy atom. The van der Waals surface area contributed by atoms with Gasteiger partial charge < -0.3 is 19.0 Å². The fourth-order valence-electron chi connectivity index (χ4n) is 2.87. The van der Waals surface area contributed by atoms with Gasteiger partial charge in [-0.3, -0.25) is 9.59 Å². The number of methoxy groups -OCH3 is 1. The first-order valence-corrected chi connectivity index (χ1v) is 8.42. The van der Waals surface area contributed by atoms with Gasteiger partial charge >= 0.3 is 0 Å². The summed E-state index contributed by atoms with van der Waals surface area (Å²) in [5.41, 5.74) is 1.04. The molecule has 2 aromatic rings. The minimum atomic E-state index is -0.0952. The Hall–Kier alpha value is -2.47. The van der Waals surface area contributed by atoms with Crippen LogP contribution in [0.1, 0.15) is 27.1 Å². The van der Waals surface area contributed by atoms with Crippen LogP contribution in [0.3, 0.4) is 0 Å². The van der Waals surface area contributed by atoms with Crippen molar-refractivity contribution in [3.05, 3.63) is 52.9 Å². The van der Waals surface area contributed by atoms with E-state index in [4.69, 9.17) is 20.8 Å². The lowest BCUT2D eigenvalue weighted by Crippen LogP contribution is -2.37. The summed E-state index contributed by atoms with van der Waals surface area (Å²) in [6.45, 7) is 2.17. The lowest BCUT2D eigenvalue weighted by Gasteiger charge is -2.22. The second kappa shape index (κ2) is 7.61. The molecule has 2 heterocycles. The van der Waals surface area contributed by atoms with Gasteiger partial charge in [0, 0.05) is 31.7 Å². The molecular weight excluding hydrogens is 344 g/mol. The first kappa shape index (κ1) is 17.4. The number of benzene rings is 1. The molecule has 1 aliphatic rings. The first-order valence-electron chi connectivity index (χ1n) is 8.04. The van der Waals surface area contributed by atoms with E-state index in [-0.39, 0.29) is 11.8 Å². The molecule has 1 fully saturated rings. The Bertz CT molecular complexity index is 760. The molecule has 1 aliphatic heterocycles. The Balaban J connectivity index is 1.67. The van der Waals surface area contributed by atoms with Crippen molar-refractivity contribution in [2.75, 3.05) is 33.3 Å². The summed E-state index contributed by atoms with van der Waals surface area (Å²) in [4.78, 5) is 28.6. The topological polar surface area (TPSA) is 63.0 Å². The molecule has 3 rings (SSSR count). The smallest absolute Gasteiger partial charge is 0.257 e. The molecule has 0 saturated carbocycles. The highest BCUT2D eigenvalue weighted by Gasteiger charge is 2.24. The van der Waals surface area contributed by atoms with Gasteiger partial charge in [-0.1, -0.05) is 11.6 Å². The van der Waals surface area contributed by atoms with Crippen LogP contribution in [0, 0.1) is 0 Å². The van der Waals surface area contributed by atoms with Gasteiger partial charge in [0.2, 0.25) is 0 Å². The summed E-state index contributed by atoms with van der Waals surface area (Å²) in [5, 5.41) is 0.403. The first-order chi connectivity index (χ1) is 12.1. The molecule has 0 radical (unpaired) electrons. The molecule has 6 nitrogen and oxygen atoms in total. The van der Waals surface area contributed by atoms with Crippen molar-refractivity contribution in [1.29, 1.82) is 0 Å². The van der Waals surface area contributed by atoms with Crippen molar-refractivity contribution in [2.45, 2.75) is 6.42 Å². The van der Waals surface area contributed by atoms with E-state index >= 15 is 0 Å². The number of ether oxygens (including phenoxy) is 1. The molecule has 0 N–H and O–H groups in total. The van der Waals surface area contributed by atoms with Gasteiger partial charge in [-0.15, -0.1) is 0 Å². The number of hydrogen-bond acceptors (Lipinski definition) is 4. The number of amides is 2. The Kier molecular flexibility index (Phi) is 5.28. The van der Waals surface area contributed by atoms with E-state index in [1.165, 1.54) is 19.6 Å². The van der Waals surface area contributed by atoms with Crippen LogP contribution < -0.4 is 4.74 Å². The molecule has 0 spiro atoms. The van der Waals surface area contributed by atoms with Gasteiger partial charge in [0.25, 0.3) is 11.8 Å². The average molecular weight is 363 g/mol. The number of carbonyl (C=O) groups excluding carboxylic acids is 2. The summed E-state index contributed by atoms with van der Waals surface area (Å²) in [6.07, 6.45) is 3.64. The van der Waals surface area contributed by atoms with E-state index in [1.54, 1.807) is 34.1 Å². The zero-order chi connectivity index (χ0) is 17.8. The molecule has 0 atom stereocenters. The van der Waals surface area contributed by atoms with E-state index in [0.717, 1.165) is 6.42 Å². The largest absolute Gasteiger partial charge is 0.495 e. The van der Waals surface area contributed by atoms with Crippen LogP contribution in [-0.2, 0) is 0 Å². The third-order valence-electron chi connectivity index (χ3n) is 4.24. The molecule has 1 aromatic heterocycles. The van der Waals surface area contributed by atoms with E-state index in [1.807, 2.05) is 0 Å². The third kappa shape index (κ3) is 3.79. The second-order valence-corrected chi connectivity index (χ2v) is 6.21. The predicted octanol–water partition coefficient (Wildman–Crippen LogP) is 2.93. The van der Waals surface area contributed by atoms with Crippen molar-refractivity contribution < 1.29 is 18.7 Å². The minimum Gasteiger partial charge on any atom is -0.495 e. The third-order valence-corrected chi connectivity index (χ3v) is 4.53. The summed E-state index contributed by atoms with van der Waals surface area (Å²) >= 11 is 6.11. The standard InChI is InChI=1S/C18H19ClN2O4/c1-24-16-4-3-13(11-15(16)19)17(22)20-6-2-7-21(9-8-20)18(23)14-5-10-25-12-14/h3-5,10-12H,2,6-9H2,1H3. The van der Waals surface area contributed by atoms with E-state index in [0.29, 0.717) is 48.1 Å². The Morgan fingerprint density at radius 3 is 2.28 bits per heavy atom. The molecule has 7 heteroatoms. The quantitative estimate of drug-likeness (QED) is 0.842. The molecule has 132 valence electrons. The molecule has 25 heavy (non-hydrogen) atoms. The van der Waals surface area contributed by atoms with Crippen LogP contribution in [0.2, 0.25) is 5.02 Å². The average Bonchev–Trinajstić information content (AvgIpc) is 3.05. The fourth-order valence-corrected chi connectivity index (χ4v) is 3.13. The van der Waals surface area contributed by atoms with Crippen LogP contribution in [-0.4, -0.2) is 54.9 Å². The van der Waals surface area contributed by atoms with Crippen LogP contribution in [0.15, 0.2) is 41.2 Å². The van der Waals surface area contributed by atoms with Crippen molar-refractivity contribution in [2.24, 2.45) is 0 Å². The molecule has 2 amide bonds. The normalized spacial score (nSPS) is 15.0. The highest BCUT2D eigenvalue weighted by molar-refractivity contribution is 6.32. The van der Waals surface area contributed by atoms with Gasteiger partial charge in [0.1, 0.15) is 12.0 Å². The van der Waals surface area contributed by atoms with Crippen LogP contribution >= 0.6 is 11.6 Å². The highest BCUT2D eigenvalue weighted by Crippen LogP contribution is 2.25. The van der Waals surface area contributed by atoms with E-state index in [2.05, 4.69) is 0 Å². The molecule has 0 aliphatic carbocycles. The van der Waals surface area contributed by atoms with Crippen LogP contribution in [0.4, 0.5) is 0 Å². The van der Waals surface area contributed by atoms with Gasteiger partial charge in [-0.25, -0.2) is 0 Å². The van der Waals surface area contributed by atoms with Crippen molar-refractivity contribution in [3.63, 3.8) is 0 Å². The molecular formula is C18H19ClN2O4. The zero-order valence-electron chi connectivity index (χ0n) is 13.9. The van der Waals surface area contributed by atoms with Crippen LogP contribution in [0.25, 0.3) is 0 Å². The van der Waals surface area contributed by atoms with Crippen molar-refractivity contribution >= 4 is 23.4 Å². The lowest BCUT2D eigenvalue weighted by atomic mass is 10.2. The van der Waals surface area contributed by atoms with Crippen molar-refractivity contribution in [3.8, 4) is 5.75 Å². The van der Waals surface area contributed by atoms with Crippen molar-refractivity contribution in [1.82, 2.24) is 9.80 Å². The number of halogens is 1. The minimum absolute atomic E-state index is 0.0736.